The van der Waals surface area contributed by atoms with Crippen LogP contribution in [0, 0.1) is 5.92 Å². The Morgan fingerprint density at radius 2 is 1.83 bits per heavy atom. The molecule has 3 fully saturated rings. The van der Waals surface area contributed by atoms with E-state index in [4.69, 9.17) is 16.6 Å². The van der Waals surface area contributed by atoms with E-state index in [1.54, 1.807) is 11.3 Å². The number of fused-ring (bicyclic) bond motifs is 3. The van der Waals surface area contributed by atoms with Crippen molar-refractivity contribution in [2.45, 2.75) is 32.7 Å². The van der Waals surface area contributed by atoms with Crippen LogP contribution in [0.4, 0.5) is 0 Å². The molecule has 1 unspecified atom stereocenters. The first kappa shape index (κ1) is 17.6. The van der Waals surface area contributed by atoms with Crippen molar-refractivity contribution < 1.29 is 0 Å². The SMILES string of the molecule is CC.Cn1nc(-c2ccc(Cl)cc2)sc1=NC1CN2CCC1CC2. The van der Waals surface area contributed by atoms with Gasteiger partial charge >= 0.3 is 0 Å². The molecule has 0 radical (unpaired) electrons. The summed E-state index contributed by atoms with van der Waals surface area (Å²) in [5, 5.41) is 6.37. The highest BCUT2D eigenvalue weighted by Crippen LogP contribution is 2.29. The molecule has 130 valence electrons. The fourth-order valence-corrected chi connectivity index (χ4v) is 4.47. The highest BCUT2D eigenvalue weighted by atomic mass is 35.5. The van der Waals surface area contributed by atoms with E-state index in [1.807, 2.05) is 49.8 Å². The molecular weight excluding hydrogens is 340 g/mol. The molecule has 24 heavy (non-hydrogen) atoms. The van der Waals surface area contributed by atoms with Crippen LogP contribution >= 0.6 is 22.9 Å². The molecule has 1 aromatic heterocycles. The van der Waals surface area contributed by atoms with E-state index in [2.05, 4.69) is 10.00 Å². The van der Waals surface area contributed by atoms with Crippen molar-refractivity contribution in [3.63, 3.8) is 0 Å². The molecule has 4 heterocycles. The Hall–Kier alpha value is -1.17. The van der Waals surface area contributed by atoms with Crippen molar-refractivity contribution in [2.24, 2.45) is 18.0 Å². The summed E-state index contributed by atoms with van der Waals surface area (Å²) in [6.07, 6.45) is 2.58. The van der Waals surface area contributed by atoms with Crippen LogP contribution in [0.2, 0.25) is 5.02 Å². The van der Waals surface area contributed by atoms with E-state index in [1.165, 1.54) is 25.9 Å². The van der Waals surface area contributed by atoms with Gasteiger partial charge in [-0.3, -0.25) is 4.99 Å². The maximum atomic E-state index is 5.96. The Kier molecular flexibility index (Phi) is 5.74. The van der Waals surface area contributed by atoms with Crippen LogP contribution in [0.15, 0.2) is 29.3 Å². The normalized spacial score (nSPS) is 26.2. The van der Waals surface area contributed by atoms with Gasteiger partial charge in [0.05, 0.1) is 6.04 Å². The van der Waals surface area contributed by atoms with Crippen LogP contribution in [0.1, 0.15) is 26.7 Å². The Morgan fingerprint density at radius 1 is 1.17 bits per heavy atom. The number of halogens is 1. The van der Waals surface area contributed by atoms with Gasteiger partial charge in [0.2, 0.25) is 4.80 Å². The van der Waals surface area contributed by atoms with Gasteiger partial charge in [-0.25, -0.2) is 4.68 Å². The summed E-state index contributed by atoms with van der Waals surface area (Å²) in [6.45, 7) is 7.61. The Labute approximate surface area is 152 Å². The average Bonchev–Trinajstić information content (AvgIpc) is 2.99. The number of nitrogens with zero attached hydrogens (tertiary/aromatic N) is 4. The Morgan fingerprint density at radius 3 is 2.42 bits per heavy atom. The first-order valence-electron chi connectivity index (χ1n) is 8.75. The van der Waals surface area contributed by atoms with Crippen LogP contribution in [0.25, 0.3) is 10.6 Å². The summed E-state index contributed by atoms with van der Waals surface area (Å²) in [7, 11) is 1.98. The van der Waals surface area contributed by atoms with E-state index >= 15 is 0 Å². The smallest absolute Gasteiger partial charge is 0.203 e. The zero-order chi connectivity index (χ0) is 17.1. The summed E-state index contributed by atoms with van der Waals surface area (Å²) in [4.78, 5) is 8.57. The first-order chi connectivity index (χ1) is 11.7. The van der Waals surface area contributed by atoms with Gasteiger partial charge in [0.25, 0.3) is 0 Å². The molecule has 0 spiro atoms. The fraction of sp³-hybridized carbons (Fsp3) is 0.556. The van der Waals surface area contributed by atoms with Crippen molar-refractivity contribution in [1.82, 2.24) is 14.7 Å². The number of aromatic nitrogens is 2. The number of rotatable bonds is 2. The molecule has 5 rings (SSSR count). The number of hydrogen-bond acceptors (Lipinski definition) is 4. The third kappa shape index (κ3) is 3.73. The average molecular weight is 365 g/mol. The second-order valence-electron chi connectivity index (χ2n) is 6.15. The minimum absolute atomic E-state index is 0.437. The van der Waals surface area contributed by atoms with E-state index in [0.717, 1.165) is 32.9 Å². The molecule has 4 nitrogen and oxygen atoms in total. The number of piperidine rings is 3. The van der Waals surface area contributed by atoms with Gasteiger partial charge in [-0.15, -0.1) is 0 Å². The minimum atomic E-state index is 0.437. The third-order valence-corrected chi connectivity index (χ3v) is 6.01. The van der Waals surface area contributed by atoms with Crippen LogP contribution < -0.4 is 4.80 Å². The van der Waals surface area contributed by atoms with E-state index in [9.17, 15) is 0 Å². The quantitative estimate of drug-likeness (QED) is 0.811. The first-order valence-corrected chi connectivity index (χ1v) is 9.95. The minimum Gasteiger partial charge on any atom is -0.301 e. The van der Waals surface area contributed by atoms with Crippen LogP contribution in [-0.4, -0.2) is 40.4 Å². The standard InChI is InChI=1S/C16H19ClN4S.C2H6/c1-20-16(18-14-10-21-8-6-11(14)7-9-21)22-15(19-20)12-2-4-13(17)5-3-12;1-2/h2-5,11,14H,6-10H2,1H3;1-2H3. The van der Waals surface area contributed by atoms with Crippen LogP contribution in [-0.2, 0) is 7.05 Å². The number of benzene rings is 1. The summed E-state index contributed by atoms with van der Waals surface area (Å²) < 4.78 is 1.91. The molecule has 0 aliphatic carbocycles. The lowest BCUT2D eigenvalue weighted by atomic mass is 9.84. The lowest BCUT2D eigenvalue weighted by Gasteiger charge is -2.42. The third-order valence-electron chi connectivity index (χ3n) is 4.69. The monoisotopic (exact) mass is 364 g/mol. The van der Waals surface area contributed by atoms with Gasteiger partial charge in [0.15, 0.2) is 0 Å². The molecule has 2 bridgehead atoms. The second-order valence-corrected chi connectivity index (χ2v) is 7.55. The molecule has 3 aliphatic rings. The highest BCUT2D eigenvalue weighted by molar-refractivity contribution is 7.12. The van der Waals surface area contributed by atoms with E-state index in [0.29, 0.717) is 6.04 Å². The summed E-state index contributed by atoms with van der Waals surface area (Å²) >= 11 is 7.62. The number of aryl methyl sites for hydroxylation is 1. The molecule has 2 aromatic rings. The topological polar surface area (TPSA) is 33.4 Å². The maximum absolute atomic E-state index is 5.96. The van der Waals surface area contributed by atoms with Crippen molar-refractivity contribution in [3.05, 3.63) is 34.1 Å². The van der Waals surface area contributed by atoms with Gasteiger partial charge in [-0.2, -0.15) is 5.10 Å². The van der Waals surface area contributed by atoms with Gasteiger partial charge in [0.1, 0.15) is 5.01 Å². The number of hydrogen-bond donors (Lipinski definition) is 0. The summed E-state index contributed by atoms with van der Waals surface area (Å²) in [5.41, 5.74) is 1.10. The zero-order valence-corrected chi connectivity index (χ0v) is 16.1. The summed E-state index contributed by atoms with van der Waals surface area (Å²) in [5.74, 6) is 0.756. The second kappa shape index (κ2) is 7.81. The van der Waals surface area contributed by atoms with Gasteiger partial charge in [-0.05, 0) is 44.0 Å². The molecule has 0 N–H and O–H groups in total. The van der Waals surface area contributed by atoms with Crippen molar-refractivity contribution in [1.29, 1.82) is 0 Å². The predicted molar refractivity (Wildman–Crippen MR) is 101 cm³/mol. The predicted octanol–water partition coefficient (Wildman–Crippen LogP) is 3.82. The maximum Gasteiger partial charge on any atom is 0.203 e. The highest BCUT2D eigenvalue weighted by Gasteiger charge is 2.33. The molecule has 1 atom stereocenters. The molecule has 3 aliphatic heterocycles. The zero-order valence-electron chi connectivity index (χ0n) is 14.6. The molecular formula is C18H25ClN4S. The molecule has 0 amide bonds. The van der Waals surface area contributed by atoms with E-state index in [-0.39, 0.29) is 0 Å². The van der Waals surface area contributed by atoms with Crippen molar-refractivity contribution >= 4 is 22.9 Å². The fourth-order valence-electron chi connectivity index (χ4n) is 3.39. The van der Waals surface area contributed by atoms with Crippen LogP contribution in [0.3, 0.4) is 0 Å². The largest absolute Gasteiger partial charge is 0.301 e. The molecule has 0 saturated carbocycles. The lowest BCUT2D eigenvalue weighted by molar-refractivity contribution is 0.0888. The lowest BCUT2D eigenvalue weighted by Crippen LogP contribution is -2.50. The van der Waals surface area contributed by atoms with Gasteiger partial charge in [0, 0.05) is 24.2 Å². The Balaban J connectivity index is 0.000000815. The summed E-state index contributed by atoms with van der Waals surface area (Å²) in [6, 6.07) is 8.27. The molecule has 3 saturated heterocycles. The molecule has 1 aromatic carbocycles. The molecule has 6 heteroatoms. The van der Waals surface area contributed by atoms with Crippen LogP contribution in [0.5, 0.6) is 0 Å². The van der Waals surface area contributed by atoms with Crippen molar-refractivity contribution in [2.75, 3.05) is 19.6 Å². The Bertz CT molecular complexity index is 726. The van der Waals surface area contributed by atoms with Crippen molar-refractivity contribution in [3.8, 4) is 10.6 Å². The van der Waals surface area contributed by atoms with E-state index < -0.39 is 0 Å². The van der Waals surface area contributed by atoms with Gasteiger partial charge in [-0.1, -0.05) is 48.9 Å². The van der Waals surface area contributed by atoms with Gasteiger partial charge < -0.3 is 4.90 Å².